The first-order valence-electron chi connectivity index (χ1n) is 8.51. The molecule has 2 N–H and O–H groups in total. The Balaban J connectivity index is 1.72. The maximum absolute atomic E-state index is 12.1. The zero-order valence-electron chi connectivity index (χ0n) is 14.0. The van der Waals surface area contributed by atoms with Crippen molar-refractivity contribution < 1.29 is 13.2 Å². The first-order chi connectivity index (χ1) is 10.3. The van der Waals surface area contributed by atoms with Crippen molar-refractivity contribution in [3.05, 3.63) is 0 Å². The number of urea groups is 1. The van der Waals surface area contributed by atoms with Crippen LogP contribution in [0.25, 0.3) is 0 Å². The molecule has 0 radical (unpaired) electrons. The summed E-state index contributed by atoms with van der Waals surface area (Å²) < 4.78 is 23.1. The molecule has 0 aromatic heterocycles. The quantitative estimate of drug-likeness (QED) is 0.834. The first-order valence-corrected chi connectivity index (χ1v) is 10.5. The second-order valence-electron chi connectivity index (χ2n) is 7.39. The summed E-state index contributed by atoms with van der Waals surface area (Å²) in [6, 6.07) is 0.297. The van der Waals surface area contributed by atoms with Crippen LogP contribution in [0.3, 0.4) is 0 Å². The highest BCUT2D eigenvalue weighted by atomic mass is 32.2. The summed E-state index contributed by atoms with van der Waals surface area (Å²) in [5.41, 5.74) is 0. The van der Waals surface area contributed by atoms with E-state index < -0.39 is 9.84 Å². The molecular weight excluding hydrogens is 300 g/mol. The summed E-state index contributed by atoms with van der Waals surface area (Å²) >= 11 is 0. The number of sulfone groups is 1. The third kappa shape index (κ3) is 4.86. The van der Waals surface area contributed by atoms with Crippen LogP contribution in [-0.2, 0) is 9.84 Å². The average molecular weight is 330 g/mol. The van der Waals surface area contributed by atoms with E-state index in [9.17, 15) is 13.2 Å². The molecule has 0 aliphatic heterocycles. The summed E-state index contributed by atoms with van der Waals surface area (Å²) in [5, 5.41) is 5.88. The van der Waals surface area contributed by atoms with Gasteiger partial charge in [0.05, 0.1) is 5.25 Å². The van der Waals surface area contributed by atoms with Crippen LogP contribution >= 0.6 is 0 Å². The Kier molecular flexibility index (Phi) is 5.75. The standard InChI is InChI=1S/C16H30N2O3S/c1-11-4-5-14(10-12(11)2)18-16(19)17-13-6-8-15(9-7-13)22(3,20)21/h11-15H,4-10H2,1-3H3,(H2,17,18,19). The van der Waals surface area contributed by atoms with E-state index in [1.54, 1.807) is 0 Å². The Hall–Kier alpha value is -0.780. The Bertz CT molecular complexity index is 484. The maximum Gasteiger partial charge on any atom is 0.315 e. The van der Waals surface area contributed by atoms with Gasteiger partial charge in [-0.3, -0.25) is 0 Å². The van der Waals surface area contributed by atoms with Crippen LogP contribution in [0.1, 0.15) is 58.8 Å². The summed E-state index contributed by atoms with van der Waals surface area (Å²) in [6.07, 6.45) is 7.40. The molecular formula is C16H30N2O3S. The molecule has 3 unspecified atom stereocenters. The van der Waals surface area contributed by atoms with E-state index in [0.717, 1.165) is 31.6 Å². The SMILES string of the molecule is CC1CCC(NC(=O)NC2CCC(S(C)(=O)=O)CC2)CC1C. The largest absolute Gasteiger partial charge is 0.335 e. The fourth-order valence-corrected chi connectivity index (χ4v) is 4.85. The van der Waals surface area contributed by atoms with Crippen molar-refractivity contribution in [1.82, 2.24) is 10.6 Å². The van der Waals surface area contributed by atoms with E-state index in [4.69, 9.17) is 0 Å². The second kappa shape index (κ2) is 7.20. The summed E-state index contributed by atoms with van der Waals surface area (Å²) in [6.45, 7) is 4.53. The van der Waals surface area contributed by atoms with Crippen molar-refractivity contribution >= 4 is 15.9 Å². The van der Waals surface area contributed by atoms with Crippen molar-refractivity contribution in [3.63, 3.8) is 0 Å². The second-order valence-corrected chi connectivity index (χ2v) is 9.71. The zero-order valence-corrected chi connectivity index (χ0v) is 14.8. The van der Waals surface area contributed by atoms with E-state index in [-0.39, 0.29) is 23.4 Å². The van der Waals surface area contributed by atoms with Gasteiger partial charge in [-0.05, 0) is 56.8 Å². The number of hydrogen-bond acceptors (Lipinski definition) is 3. The number of rotatable bonds is 3. The molecule has 0 heterocycles. The highest BCUT2D eigenvalue weighted by Crippen LogP contribution is 2.29. The van der Waals surface area contributed by atoms with Crippen LogP contribution < -0.4 is 10.6 Å². The lowest BCUT2D eigenvalue weighted by Gasteiger charge is -2.33. The molecule has 6 heteroatoms. The summed E-state index contributed by atoms with van der Waals surface area (Å²) in [4.78, 5) is 12.1. The fraction of sp³-hybridized carbons (Fsp3) is 0.938. The van der Waals surface area contributed by atoms with Crippen LogP contribution in [0.4, 0.5) is 4.79 Å². The third-order valence-corrected chi connectivity index (χ3v) is 7.23. The van der Waals surface area contributed by atoms with Crippen molar-refractivity contribution in [2.75, 3.05) is 6.26 Å². The number of carbonyl (C=O) groups excluding carboxylic acids is 1. The lowest BCUT2D eigenvalue weighted by atomic mass is 9.79. The van der Waals surface area contributed by atoms with Crippen molar-refractivity contribution in [2.24, 2.45) is 11.8 Å². The third-order valence-electron chi connectivity index (χ3n) is 5.55. The lowest BCUT2D eigenvalue weighted by Crippen LogP contribution is -2.49. The molecule has 5 nitrogen and oxygen atoms in total. The molecule has 0 aromatic rings. The maximum atomic E-state index is 12.1. The van der Waals surface area contributed by atoms with E-state index in [0.29, 0.717) is 18.8 Å². The molecule has 0 saturated heterocycles. The normalized spacial score (nSPS) is 36.6. The van der Waals surface area contributed by atoms with E-state index in [2.05, 4.69) is 24.5 Å². The molecule has 2 saturated carbocycles. The molecule has 2 aliphatic rings. The Morgan fingerprint density at radius 1 is 0.864 bits per heavy atom. The number of nitrogens with one attached hydrogen (secondary N) is 2. The topological polar surface area (TPSA) is 75.3 Å². The minimum atomic E-state index is -2.94. The molecule has 0 aromatic carbocycles. The number of hydrogen-bond donors (Lipinski definition) is 2. The Morgan fingerprint density at radius 2 is 1.41 bits per heavy atom. The van der Waals surface area contributed by atoms with Crippen LogP contribution in [0.5, 0.6) is 0 Å². The fourth-order valence-electron chi connectivity index (χ4n) is 3.73. The van der Waals surface area contributed by atoms with Crippen LogP contribution in [-0.4, -0.2) is 38.0 Å². The van der Waals surface area contributed by atoms with E-state index in [1.807, 2.05) is 0 Å². The Morgan fingerprint density at radius 3 is 1.95 bits per heavy atom. The number of carbonyl (C=O) groups is 1. The highest BCUT2D eigenvalue weighted by molar-refractivity contribution is 7.91. The van der Waals surface area contributed by atoms with Crippen molar-refractivity contribution in [2.45, 2.75) is 76.1 Å². The first kappa shape index (κ1) is 17.6. The molecule has 2 fully saturated rings. The highest BCUT2D eigenvalue weighted by Gasteiger charge is 2.29. The lowest BCUT2D eigenvalue weighted by molar-refractivity contribution is 0.204. The van der Waals surface area contributed by atoms with Gasteiger partial charge in [0.1, 0.15) is 9.84 Å². The molecule has 0 spiro atoms. The molecule has 128 valence electrons. The van der Waals surface area contributed by atoms with Gasteiger partial charge in [-0.15, -0.1) is 0 Å². The van der Waals surface area contributed by atoms with Crippen molar-refractivity contribution in [1.29, 1.82) is 0 Å². The van der Waals surface area contributed by atoms with E-state index in [1.165, 1.54) is 12.7 Å². The predicted molar refractivity (Wildman–Crippen MR) is 88.5 cm³/mol. The van der Waals surface area contributed by atoms with Gasteiger partial charge in [0.2, 0.25) is 0 Å². The summed E-state index contributed by atoms with van der Waals surface area (Å²) in [5.74, 6) is 1.40. The van der Waals surface area contributed by atoms with Gasteiger partial charge in [-0.1, -0.05) is 13.8 Å². The van der Waals surface area contributed by atoms with Crippen LogP contribution in [0, 0.1) is 11.8 Å². The Labute approximate surface area is 134 Å². The predicted octanol–water partition coefficient (Wildman–Crippen LogP) is 2.47. The molecule has 22 heavy (non-hydrogen) atoms. The van der Waals surface area contributed by atoms with Crippen molar-refractivity contribution in [3.8, 4) is 0 Å². The summed E-state index contributed by atoms with van der Waals surface area (Å²) in [7, 11) is -2.94. The van der Waals surface area contributed by atoms with Gasteiger partial charge in [0, 0.05) is 18.3 Å². The molecule has 3 atom stereocenters. The van der Waals surface area contributed by atoms with Gasteiger partial charge in [-0.2, -0.15) is 0 Å². The van der Waals surface area contributed by atoms with Crippen LogP contribution in [0.15, 0.2) is 0 Å². The molecule has 2 rings (SSSR count). The van der Waals surface area contributed by atoms with Gasteiger partial charge in [-0.25, -0.2) is 13.2 Å². The minimum Gasteiger partial charge on any atom is -0.335 e. The molecule has 0 bridgehead atoms. The van der Waals surface area contributed by atoms with Gasteiger partial charge in [0.15, 0.2) is 0 Å². The van der Waals surface area contributed by atoms with Crippen LogP contribution in [0.2, 0.25) is 0 Å². The average Bonchev–Trinajstić information content (AvgIpc) is 2.42. The smallest absolute Gasteiger partial charge is 0.315 e. The zero-order chi connectivity index (χ0) is 16.3. The number of amides is 2. The van der Waals surface area contributed by atoms with Gasteiger partial charge < -0.3 is 10.6 Å². The van der Waals surface area contributed by atoms with E-state index >= 15 is 0 Å². The monoisotopic (exact) mass is 330 g/mol. The minimum absolute atomic E-state index is 0.0884. The van der Waals surface area contributed by atoms with Gasteiger partial charge >= 0.3 is 6.03 Å². The molecule has 2 amide bonds. The molecule has 2 aliphatic carbocycles. The van der Waals surface area contributed by atoms with Gasteiger partial charge in [0.25, 0.3) is 0 Å².